The molecule has 0 bridgehead atoms. The van der Waals surface area contributed by atoms with Crippen LogP contribution in [0.5, 0.6) is 0 Å². The van der Waals surface area contributed by atoms with Crippen LogP contribution >= 0.6 is 0 Å². The molecule has 3 N–H and O–H groups in total. The number of esters is 1. The monoisotopic (exact) mass is 206 g/mol. The number of carbonyl (C=O) groups is 1. The Morgan fingerprint density at radius 1 is 1.43 bits per heavy atom. The zero-order valence-electron chi connectivity index (χ0n) is 7.79. The van der Waals surface area contributed by atoms with Crippen molar-refractivity contribution in [2.24, 2.45) is 0 Å². The average Bonchev–Trinajstić information content (AvgIpc) is 2.15. The van der Waals surface area contributed by atoms with E-state index in [0.717, 1.165) is 0 Å². The van der Waals surface area contributed by atoms with E-state index in [9.17, 15) is 15.0 Å². The molecule has 1 aliphatic rings. The van der Waals surface area contributed by atoms with E-state index in [2.05, 4.69) is 4.74 Å². The fraction of sp³-hybridized carbons (Fsp3) is 0.875. The summed E-state index contributed by atoms with van der Waals surface area (Å²) >= 11 is 0. The van der Waals surface area contributed by atoms with Gasteiger partial charge in [0.2, 0.25) is 0 Å². The van der Waals surface area contributed by atoms with E-state index in [1.165, 1.54) is 0 Å². The second-order valence-electron chi connectivity index (χ2n) is 3.05. The standard InChI is InChI=1S/C8H14O6/c1-2-13-8(12)7-6(11)5(10)4(9)3-14-7/h4-7,9-11H,2-3H2,1H3/t4-,5-,6-,7-/m0/s1. The van der Waals surface area contributed by atoms with Crippen molar-refractivity contribution >= 4 is 5.97 Å². The molecule has 0 aromatic carbocycles. The van der Waals surface area contributed by atoms with E-state index in [1.54, 1.807) is 6.92 Å². The largest absolute Gasteiger partial charge is 0.464 e. The quantitative estimate of drug-likeness (QED) is 0.454. The molecule has 1 heterocycles. The van der Waals surface area contributed by atoms with Crippen molar-refractivity contribution in [3.8, 4) is 0 Å². The van der Waals surface area contributed by atoms with Gasteiger partial charge in [0.25, 0.3) is 0 Å². The van der Waals surface area contributed by atoms with Gasteiger partial charge in [-0.3, -0.25) is 0 Å². The molecule has 6 nitrogen and oxygen atoms in total. The van der Waals surface area contributed by atoms with Crippen LogP contribution in [0.3, 0.4) is 0 Å². The van der Waals surface area contributed by atoms with Crippen molar-refractivity contribution in [2.75, 3.05) is 13.2 Å². The van der Waals surface area contributed by atoms with Gasteiger partial charge < -0.3 is 24.8 Å². The maximum absolute atomic E-state index is 11.2. The predicted octanol–water partition coefficient (Wildman–Crippen LogP) is -1.97. The van der Waals surface area contributed by atoms with Gasteiger partial charge in [0.1, 0.15) is 18.3 Å². The van der Waals surface area contributed by atoms with Gasteiger partial charge in [0.05, 0.1) is 13.2 Å². The molecular formula is C8H14O6. The summed E-state index contributed by atoms with van der Waals surface area (Å²) in [5.41, 5.74) is 0. The Morgan fingerprint density at radius 2 is 2.07 bits per heavy atom. The van der Waals surface area contributed by atoms with Crippen LogP contribution in [0.1, 0.15) is 6.92 Å². The first-order chi connectivity index (χ1) is 6.57. The molecule has 0 amide bonds. The second-order valence-corrected chi connectivity index (χ2v) is 3.05. The number of rotatable bonds is 2. The number of ether oxygens (including phenoxy) is 2. The minimum absolute atomic E-state index is 0.171. The summed E-state index contributed by atoms with van der Waals surface area (Å²) in [6.45, 7) is 1.60. The van der Waals surface area contributed by atoms with Crippen molar-refractivity contribution in [1.29, 1.82) is 0 Å². The van der Waals surface area contributed by atoms with Crippen molar-refractivity contribution < 1.29 is 29.6 Å². The van der Waals surface area contributed by atoms with Gasteiger partial charge >= 0.3 is 5.97 Å². The topological polar surface area (TPSA) is 96.2 Å². The average molecular weight is 206 g/mol. The highest BCUT2D eigenvalue weighted by atomic mass is 16.6. The van der Waals surface area contributed by atoms with Crippen LogP contribution in [0.4, 0.5) is 0 Å². The van der Waals surface area contributed by atoms with Crippen molar-refractivity contribution in [3.63, 3.8) is 0 Å². The second kappa shape index (κ2) is 4.70. The van der Waals surface area contributed by atoms with Crippen LogP contribution < -0.4 is 0 Å². The highest BCUT2D eigenvalue weighted by molar-refractivity contribution is 5.75. The predicted molar refractivity (Wildman–Crippen MR) is 44.4 cm³/mol. The highest BCUT2D eigenvalue weighted by Crippen LogP contribution is 2.16. The summed E-state index contributed by atoms with van der Waals surface area (Å²) in [6, 6.07) is 0. The van der Waals surface area contributed by atoms with Crippen LogP contribution in [0, 0.1) is 0 Å². The third-order valence-corrected chi connectivity index (χ3v) is 2.02. The molecule has 4 atom stereocenters. The molecule has 1 aliphatic heterocycles. The van der Waals surface area contributed by atoms with Gasteiger partial charge in [0, 0.05) is 0 Å². The number of hydrogen-bond acceptors (Lipinski definition) is 6. The van der Waals surface area contributed by atoms with Gasteiger partial charge in [0.15, 0.2) is 6.10 Å². The molecule has 1 rings (SSSR count). The van der Waals surface area contributed by atoms with E-state index in [4.69, 9.17) is 9.84 Å². The van der Waals surface area contributed by atoms with Crippen molar-refractivity contribution in [2.45, 2.75) is 31.3 Å². The molecule has 0 aromatic rings. The third kappa shape index (κ3) is 2.21. The first kappa shape index (κ1) is 11.4. The Balaban J connectivity index is 2.58. The van der Waals surface area contributed by atoms with Gasteiger partial charge in [-0.2, -0.15) is 0 Å². The molecule has 1 fully saturated rings. The number of carbonyl (C=O) groups excluding carboxylic acids is 1. The molecule has 0 radical (unpaired) electrons. The van der Waals surface area contributed by atoms with Gasteiger partial charge in [-0.05, 0) is 6.92 Å². The fourth-order valence-corrected chi connectivity index (χ4v) is 1.24. The Hall–Kier alpha value is -0.690. The van der Waals surface area contributed by atoms with Crippen molar-refractivity contribution in [3.05, 3.63) is 0 Å². The van der Waals surface area contributed by atoms with Gasteiger partial charge in [-0.1, -0.05) is 0 Å². The first-order valence-electron chi connectivity index (χ1n) is 4.40. The van der Waals surface area contributed by atoms with E-state index in [1.807, 2.05) is 0 Å². The molecule has 0 unspecified atom stereocenters. The Kier molecular flexibility index (Phi) is 3.82. The van der Waals surface area contributed by atoms with Gasteiger partial charge in [-0.25, -0.2) is 4.79 Å². The Morgan fingerprint density at radius 3 is 2.64 bits per heavy atom. The summed E-state index contributed by atoms with van der Waals surface area (Å²) in [5, 5.41) is 27.7. The lowest BCUT2D eigenvalue weighted by molar-refractivity contribution is -0.205. The molecule has 1 saturated heterocycles. The molecule has 0 spiro atoms. The van der Waals surface area contributed by atoms with Crippen LogP contribution in [-0.2, 0) is 14.3 Å². The summed E-state index contributed by atoms with van der Waals surface area (Å²) < 4.78 is 9.47. The Labute approximate surface area is 81.1 Å². The van der Waals surface area contributed by atoms with E-state index in [-0.39, 0.29) is 13.2 Å². The summed E-state index contributed by atoms with van der Waals surface area (Å²) in [7, 11) is 0. The SMILES string of the molecule is CCOC(=O)[C@H]1OC[C@H](O)[C@H](O)[C@@H]1O. The lowest BCUT2D eigenvalue weighted by Crippen LogP contribution is -2.55. The summed E-state index contributed by atoms with van der Waals surface area (Å²) in [4.78, 5) is 11.2. The van der Waals surface area contributed by atoms with Crippen LogP contribution in [0.2, 0.25) is 0 Å². The molecule has 82 valence electrons. The van der Waals surface area contributed by atoms with E-state index >= 15 is 0 Å². The molecule has 0 saturated carbocycles. The number of aliphatic hydroxyl groups is 3. The third-order valence-electron chi connectivity index (χ3n) is 2.02. The molecular weight excluding hydrogens is 192 g/mol. The van der Waals surface area contributed by atoms with Gasteiger partial charge in [-0.15, -0.1) is 0 Å². The Bertz CT molecular complexity index is 206. The molecule has 6 heteroatoms. The first-order valence-corrected chi connectivity index (χ1v) is 4.40. The fourth-order valence-electron chi connectivity index (χ4n) is 1.24. The smallest absolute Gasteiger partial charge is 0.338 e. The number of aliphatic hydroxyl groups excluding tert-OH is 3. The van der Waals surface area contributed by atoms with E-state index < -0.39 is 30.4 Å². The maximum Gasteiger partial charge on any atom is 0.338 e. The molecule has 0 aromatic heterocycles. The van der Waals surface area contributed by atoms with Crippen molar-refractivity contribution in [1.82, 2.24) is 0 Å². The zero-order valence-corrected chi connectivity index (χ0v) is 7.79. The minimum atomic E-state index is -1.45. The molecule has 0 aliphatic carbocycles. The normalized spacial score (nSPS) is 38.0. The molecule has 14 heavy (non-hydrogen) atoms. The lowest BCUT2D eigenvalue weighted by atomic mass is 10.0. The lowest BCUT2D eigenvalue weighted by Gasteiger charge is -2.33. The van der Waals surface area contributed by atoms with Crippen LogP contribution in [-0.4, -0.2) is 58.9 Å². The summed E-state index contributed by atoms with van der Waals surface area (Å²) in [5.74, 6) is -0.731. The highest BCUT2D eigenvalue weighted by Gasteiger charge is 2.42. The van der Waals surface area contributed by atoms with Crippen LogP contribution in [0.25, 0.3) is 0 Å². The van der Waals surface area contributed by atoms with Crippen LogP contribution in [0.15, 0.2) is 0 Å². The minimum Gasteiger partial charge on any atom is -0.464 e. The van der Waals surface area contributed by atoms with E-state index in [0.29, 0.717) is 0 Å². The summed E-state index contributed by atoms with van der Waals surface area (Å²) in [6.07, 6.45) is -5.21. The maximum atomic E-state index is 11.2. The number of hydrogen-bond donors (Lipinski definition) is 3. The zero-order chi connectivity index (χ0) is 10.7.